The molecular weight excluding hydrogens is 757 g/mol. The minimum Gasteiger partial charge on any atom is -0.0623 e. The molecule has 0 unspecified atom stereocenters. The van der Waals surface area contributed by atoms with Crippen molar-refractivity contribution in [3.8, 4) is 0 Å². The van der Waals surface area contributed by atoms with Crippen LogP contribution in [0.4, 0.5) is 0 Å². The standard InChI is InChI=1S/C18H15P.C18H29P.C6H6.Os/c1-4-10-16(11-5-1)19(17-12-6-2-7-13-17)18-14-8-3-9-15-18;1-16(2,3)12-10-13(17(4,5)6)15(19)14(11-12)18(7,8)9;1-2-4-6-5-3-1;/h1-15H;10-11H,1-9H3;1-6H;. The average molecular weight is 807 g/mol. The predicted molar refractivity (Wildman–Crippen MR) is 201 cm³/mol. The van der Waals surface area contributed by atoms with Crippen molar-refractivity contribution in [2.45, 2.75) is 78.6 Å². The topological polar surface area (TPSA) is 0 Å². The Hall–Kier alpha value is -2.53. The summed E-state index contributed by atoms with van der Waals surface area (Å²) in [5, 5.41) is 5.73. The fourth-order valence-electron chi connectivity index (χ4n) is 4.86. The third-order valence-corrected chi connectivity index (χ3v) is 12.2. The molecule has 0 aliphatic heterocycles. The molecule has 0 bridgehead atoms. The molecule has 0 spiro atoms. The van der Waals surface area contributed by atoms with Crippen LogP contribution in [0.2, 0.25) is 0 Å². The van der Waals surface area contributed by atoms with Crippen molar-refractivity contribution in [2.75, 3.05) is 0 Å². The van der Waals surface area contributed by atoms with E-state index < -0.39 is 7.92 Å². The van der Waals surface area contributed by atoms with Gasteiger partial charge in [-0.1, -0.05) is 127 Å². The summed E-state index contributed by atoms with van der Waals surface area (Å²) in [5.74, 6) is 0. The molecule has 0 aromatic heterocycles. The first kappa shape index (κ1) is 36.9. The second-order valence-electron chi connectivity index (χ2n) is 14.2. The normalized spacial score (nSPS) is 11.7. The van der Waals surface area contributed by atoms with E-state index in [4.69, 9.17) is 0 Å². The fraction of sp³-hybridized carbons (Fsp3) is 0.286. The van der Waals surface area contributed by atoms with Gasteiger partial charge in [-0.25, -0.2) is 0 Å². The summed E-state index contributed by atoms with van der Waals surface area (Å²) in [7, 11) is -0.446. The van der Waals surface area contributed by atoms with Crippen molar-refractivity contribution in [2.24, 2.45) is 0 Å². The summed E-state index contributed by atoms with van der Waals surface area (Å²) in [6.07, 6.45) is 1.40. The van der Waals surface area contributed by atoms with Crippen LogP contribution < -0.4 is 21.2 Å². The zero-order chi connectivity index (χ0) is 33.1. The zero-order valence-electron chi connectivity index (χ0n) is 28.5. The van der Waals surface area contributed by atoms with Gasteiger partial charge < -0.3 is 0 Å². The Kier molecular flexibility index (Phi) is 13.8. The van der Waals surface area contributed by atoms with Gasteiger partial charge in [0.2, 0.25) is 0 Å². The molecule has 0 saturated heterocycles. The van der Waals surface area contributed by atoms with E-state index in [-0.39, 0.29) is 16.2 Å². The van der Waals surface area contributed by atoms with Crippen LogP contribution in [0.3, 0.4) is 0 Å². The summed E-state index contributed by atoms with van der Waals surface area (Å²) in [4.78, 5) is 0. The van der Waals surface area contributed by atoms with Crippen molar-refractivity contribution in [1.82, 2.24) is 0 Å². The zero-order valence-corrected chi connectivity index (χ0v) is 32.9. The van der Waals surface area contributed by atoms with Gasteiger partial charge in [0.05, 0.1) is 0 Å². The first-order valence-corrected chi connectivity index (χ1v) is 21.2. The molecule has 45 heavy (non-hydrogen) atoms. The summed E-state index contributed by atoms with van der Waals surface area (Å²) < 4.78 is 0. The molecule has 0 N–H and O–H groups in total. The van der Waals surface area contributed by atoms with E-state index in [1.807, 2.05) is 54.0 Å². The van der Waals surface area contributed by atoms with Gasteiger partial charge in [0.25, 0.3) is 0 Å². The Morgan fingerprint density at radius 3 is 0.911 bits per heavy atom. The van der Waals surface area contributed by atoms with Gasteiger partial charge in [0.1, 0.15) is 0 Å². The van der Waals surface area contributed by atoms with E-state index in [0.29, 0.717) is 0 Å². The van der Waals surface area contributed by atoms with Gasteiger partial charge in [-0.3, -0.25) is 0 Å². The molecular formula is C42H50OsP2. The van der Waals surface area contributed by atoms with Crippen molar-refractivity contribution in [3.63, 3.8) is 0 Å². The third kappa shape index (κ3) is 11.3. The fourth-order valence-corrected chi connectivity index (χ4v) is 9.97. The first-order valence-electron chi connectivity index (χ1n) is 15.7. The molecule has 0 fully saturated rings. The third-order valence-electron chi connectivity index (χ3n) is 7.38. The molecule has 236 valence electrons. The summed E-state index contributed by atoms with van der Waals surface area (Å²) in [5.41, 5.74) is 5.10. The largest absolute Gasteiger partial charge is 0.0623 e. The van der Waals surface area contributed by atoms with Gasteiger partial charge in [-0.2, -0.15) is 0 Å². The van der Waals surface area contributed by atoms with Crippen molar-refractivity contribution < 1.29 is 17.6 Å². The molecule has 5 aromatic carbocycles. The van der Waals surface area contributed by atoms with Crippen LogP contribution in [0.5, 0.6) is 0 Å². The Labute approximate surface area is 286 Å². The van der Waals surface area contributed by atoms with Crippen LogP contribution in [0, 0.1) is 0 Å². The molecule has 0 aliphatic rings. The van der Waals surface area contributed by atoms with Crippen molar-refractivity contribution in [3.05, 3.63) is 156 Å². The van der Waals surface area contributed by atoms with Gasteiger partial charge >= 0.3 is 137 Å². The van der Waals surface area contributed by atoms with Crippen LogP contribution >= 0.6 is 14.3 Å². The van der Waals surface area contributed by atoms with E-state index in [2.05, 4.69) is 165 Å². The summed E-state index contributed by atoms with van der Waals surface area (Å²) in [6.45, 7) is 20.9. The molecule has 0 radical (unpaired) electrons. The number of hydrogen-bond acceptors (Lipinski definition) is 0. The minimum atomic E-state index is -0.446. The van der Waals surface area contributed by atoms with E-state index in [1.54, 1.807) is 0 Å². The van der Waals surface area contributed by atoms with Gasteiger partial charge in [-0.15, -0.1) is 0 Å². The second-order valence-corrected chi connectivity index (χ2v) is 18.8. The van der Waals surface area contributed by atoms with Crippen LogP contribution in [-0.2, 0) is 33.9 Å². The van der Waals surface area contributed by atoms with Crippen molar-refractivity contribution >= 4 is 35.6 Å². The Bertz CT molecular complexity index is 1420. The molecule has 0 atom stereocenters. The Morgan fingerprint density at radius 1 is 0.422 bits per heavy atom. The van der Waals surface area contributed by atoms with E-state index in [1.165, 1.54) is 44.3 Å². The number of benzene rings is 5. The molecule has 3 heteroatoms. The Morgan fingerprint density at radius 2 is 0.689 bits per heavy atom. The van der Waals surface area contributed by atoms with E-state index in [0.717, 1.165) is 0 Å². The average Bonchev–Trinajstić information content (AvgIpc) is 3.02. The molecule has 5 aromatic rings. The molecule has 0 nitrogen and oxygen atoms in total. The van der Waals surface area contributed by atoms with Crippen LogP contribution in [0.15, 0.2) is 140 Å². The number of hydrogen-bond donors (Lipinski definition) is 0. The molecule has 0 saturated carbocycles. The smallest absolute Gasteiger partial charge is 0.0134 e. The minimum absolute atomic E-state index is 0.198. The van der Waals surface area contributed by atoms with Gasteiger partial charge in [0, 0.05) is 0 Å². The predicted octanol–water partition coefficient (Wildman–Crippen LogP) is 10.7. The van der Waals surface area contributed by atoms with Crippen LogP contribution in [-0.4, -0.2) is 0 Å². The summed E-state index contributed by atoms with van der Waals surface area (Å²) in [6, 6.07) is 49.2. The maximum Gasteiger partial charge on any atom is -0.0134 e. The molecule has 5 rings (SSSR count). The molecule has 0 heterocycles. The van der Waals surface area contributed by atoms with E-state index >= 15 is 0 Å². The van der Waals surface area contributed by atoms with Crippen LogP contribution in [0.25, 0.3) is 0 Å². The van der Waals surface area contributed by atoms with Gasteiger partial charge in [-0.05, 0) is 23.8 Å². The van der Waals surface area contributed by atoms with Crippen molar-refractivity contribution in [1.29, 1.82) is 0 Å². The maximum absolute atomic E-state index is 2.45. The first-order chi connectivity index (χ1) is 21.2. The quantitative estimate of drug-likeness (QED) is 0.159. The maximum atomic E-state index is 2.45. The van der Waals surface area contributed by atoms with Crippen LogP contribution in [0.1, 0.15) is 79.0 Å². The Balaban J connectivity index is 0.000000207. The number of rotatable bonds is 4. The summed E-state index contributed by atoms with van der Waals surface area (Å²) >= 11 is 2.05. The second kappa shape index (κ2) is 16.9. The molecule has 0 amide bonds. The van der Waals surface area contributed by atoms with Gasteiger partial charge in [0.15, 0.2) is 0 Å². The molecule has 0 aliphatic carbocycles. The monoisotopic (exact) mass is 808 g/mol. The van der Waals surface area contributed by atoms with E-state index in [9.17, 15) is 0 Å². The SMILES string of the molecule is CC(C)(C)c1cc(C(C)(C)C)c([P]=[Os])c(C(C)(C)C)c1.c1ccc(P(c2ccccc2)c2ccccc2)cc1.c1ccccc1.